The van der Waals surface area contributed by atoms with Gasteiger partial charge in [0.2, 0.25) is 0 Å². The summed E-state index contributed by atoms with van der Waals surface area (Å²) in [6, 6.07) is 15.9. The van der Waals surface area contributed by atoms with Crippen LogP contribution in [-0.2, 0) is 0 Å². The zero-order valence-corrected chi connectivity index (χ0v) is 13.7. The number of carbonyl (C=O) groups excluding carboxylic acids is 1. The lowest BCUT2D eigenvalue weighted by atomic mass is 10.1. The monoisotopic (exact) mass is 325 g/mol. The predicted molar refractivity (Wildman–Crippen MR) is 93.6 cm³/mol. The van der Waals surface area contributed by atoms with Crippen LogP contribution in [0.25, 0.3) is 10.4 Å². The van der Waals surface area contributed by atoms with Gasteiger partial charge in [-0.1, -0.05) is 30.3 Å². The number of para-hydroxylation sites is 1. The van der Waals surface area contributed by atoms with Crippen LogP contribution in [0.2, 0.25) is 0 Å². The number of hydrogen-bond donors (Lipinski definition) is 1. The van der Waals surface area contributed by atoms with Gasteiger partial charge in [0.05, 0.1) is 4.88 Å². The molecule has 1 amide bonds. The van der Waals surface area contributed by atoms with Gasteiger partial charge in [-0.25, -0.2) is 4.39 Å². The molecule has 2 aromatic carbocycles. The maximum Gasteiger partial charge on any atom is 0.265 e. The highest BCUT2D eigenvalue weighted by molar-refractivity contribution is 7.17. The number of aryl methyl sites for hydroxylation is 2. The Morgan fingerprint density at radius 1 is 0.957 bits per heavy atom. The van der Waals surface area contributed by atoms with Crippen LogP contribution in [0.5, 0.6) is 0 Å². The molecule has 0 atom stereocenters. The molecule has 3 aromatic rings. The number of rotatable bonds is 3. The third-order valence-corrected chi connectivity index (χ3v) is 4.81. The molecule has 0 unspecified atom stereocenters. The molecule has 0 fully saturated rings. The zero-order valence-electron chi connectivity index (χ0n) is 12.9. The van der Waals surface area contributed by atoms with Crippen molar-refractivity contribution in [1.82, 2.24) is 0 Å². The Morgan fingerprint density at radius 2 is 1.61 bits per heavy atom. The van der Waals surface area contributed by atoms with Gasteiger partial charge in [-0.3, -0.25) is 4.79 Å². The summed E-state index contributed by atoms with van der Waals surface area (Å²) in [7, 11) is 0. The summed E-state index contributed by atoms with van der Waals surface area (Å²) in [6.45, 7) is 3.95. The second-order valence-electron chi connectivity index (χ2n) is 5.39. The van der Waals surface area contributed by atoms with Gasteiger partial charge in [0, 0.05) is 10.6 Å². The first-order chi connectivity index (χ1) is 11.0. The largest absolute Gasteiger partial charge is 0.321 e. The molecule has 0 spiro atoms. The van der Waals surface area contributed by atoms with E-state index in [1.165, 1.54) is 23.5 Å². The van der Waals surface area contributed by atoms with Crippen LogP contribution >= 0.6 is 11.3 Å². The fourth-order valence-corrected chi connectivity index (χ4v) is 3.32. The molecule has 1 heterocycles. The van der Waals surface area contributed by atoms with Crippen molar-refractivity contribution >= 4 is 22.9 Å². The van der Waals surface area contributed by atoms with Gasteiger partial charge in [0.25, 0.3) is 5.91 Å². The van der Waals surface area contributed by atoms with Gasteiger partial charge < -0.3 is 5.32 Å². The molecule has 0 bridgehead atoms. The van der Waals surface area contributed by atoms with E-state index >= 15 is 0 Å². The number of anilines is 1. The van der Waals surface area contributed by atoms with Crippen LogP contribution < -0.4 is 5.32 Å². The quantitative estimate of drug-likeness (QED) is 0.684. The van der Waals surface area contributed by atoms with Crippen molar-refractivity contribution in [3.05, 3.63) is 76.4 Å². The van der Waals surface area contributed by atoms with Gasteiger partial charge in [0.1, 0.15) is 5.82 Å². The first kappa shape index (κ1) is 15.4. The second-order valence-corrected chi connectivity index (χ2v) is 6.48. The number of carbonyl (C=O) groups is 1. The summed E-state index contributed by atoms with van der Waals surface area (Å²) in [5.74, 6) is -0.390. The zero-order chi connectivity index (χ0) is 16.4. The highest BCUT2D eigenvalue weighted by Crippen LogP contribution is 2.29. The minimum absolute atomic E-state index is 0.124. The van der Waals surface area contributed by atoms with Crippen molar-refractivity contribution in [2.24, 2.45) is 0 Å². The Labute approximate surface area is 138 Å². The standard InChI is InChI=1S/C19H16FNOS/c1-12-4-3-5-13(2)18(12)21-19(22)17-11-10-16(23-17)14-6-8-15(20)9-7-14/h3-11H,1-2H3,(H,21,22). The van der Waals surface area contributed by atoms with Crippen LogP contribution in [0.1, 0.15) is 20.8 Å². The molecule has 1 N–H and O–H groups in total. The molecule has 0 aliphatic rings. The second kappa shape index (κ2) is 6.34. The van der Waals surface area contributed by atoms with E-state index < -0.39 is 0 Å². The molecule has 1 aromatic heterocycles. The van der Waals surface area contributed by atoms with Gasteiger partial charge in [-0.05, 0) is 54.8 Å². The lowest BCUT2D eigenvalue weighted by Crippen LogP contribution is -2.12. The van der Waals surface area contributed by atoms with Crippen LogP contribution in [0.15, 0.2) is 54.6 Å². The topological polar surface area (TPSA) is 29.1 Å². The van der Waals surface area contributed by atoms with E-state index in [1.54, 1.807) is 18.2 Å². The molecule has 2 nitrogen and oxygen atoms in total. The summed E-state index contributed by atoms with van der Waals surface area (Å²) >= 11 is 1.40. The predicted octanol–water partition coefficient (Wildman–Crippen LogP) is 5.42. The Balaban J connectivity index is 1.83. The van der Waals surface area contributed by atoms with E-state index in [4.69, 9.17) is 0 Å². The van der Waals surface area contributed by atoms with Crippen molar-refractivity contribution < 1.29 is 9.18 Å². The average Bonchev–Trinajstić information content (AvgIpc) is 3.02. The Kier molecular flexibility index (Phi) is 4.26. The lowest BCUT2D eigenvalue weighted by Gasteiger charge is -2.10. The van der Waals surface area contributed by atoms with Crippen LogP contribution in [0, 0.1) is 19.7 Å². The SMILES string of the molecule is Cc1cccc(C)c1NC(=O)c1ccc(-c2ccc(F)cc2)s1. The number of thiophene rings is 1. The number of nitrogens with one attached hydrogen (secondary N) is 1. The Morgan fingerprint density at radius 3 is 2.26 bits per heavy atom. The minimum Gasteiger partial charge on any atom is -0.321 e. The molecule has 0 saturated heterocycles. The molecule has 4 heteroatoms. The van der Waals surface area contributed by atoms with Gasteiger partial charge in [-0.2, -0.15) is 0 Å². The number of amides is 1. The van der Waals surface area contributed by atoms with E-state index in [-0.39, 0.29) is 11.7 Å². The van der Waals surface area contributed by atoms with Crippen molar-refractivity contribution in [3.63, 3.8) is 0 Å². The molecule has 116 valence electrons. The summed E-state index contributed by atoms with van der Waals surface area (Å²) in [5, 5.41) is 2.98. The van der Waals surface area contributed by atoms with Crippen molar-refractivity contribution in [1.29, 1.82) is 0 Å². The molecule has 0 radical (unpaired) electrons. The van der Waals surface area contributed by atoms with E-state index in [9.17, 15) is 9.18 Å². The maximum absolute atomic E-state index is 13.0. The summed E-state index contributed by atoms with van der Waals surface area (Å²) in [5.41, 5.74) is 3.83. The molecular formula is C19H16FNOS. The third kappa shape index (κ3) is 3.32. The molecule has 0 saturated carbocycles. The van der Waals surface area contributed by atoms with E-state index in [2.05, 4.69) is 5.32 Å². The highest BCUT2D eigenvalue weighted by atomic mass is 32.1. The maximum atomic E-state index is 13.0. The van der Waals surface area contributed by atoms with Crippen LogP contribution in [0.3, 0.4) is 0 Å². The number of halogens is 1. The molecular weight excluding hydrogens is 309 g/mol. The summed E-state index contributed by atoms with van der Waals surface area (Å²) in [6.07, 6.45) is 0. The van der Waals surface area contributed by atoms with Gasteiger partial charge in [0.15, 0.2) is 0 Å². The van der Waals surface area contributed by atoms with Gasteiger partial charge >= 0.3 is 0 Å². The molecule has 23 heavy (non-hydrogen) atoms. The van der Waals surface area contributed by atoms with Gasteiger partial charge in [-0.15, -0.1) is 11.3 Å². The van der Waals surface area contributed by atoms with Crippen LogP contribution in [0.4, 0.5) is 10.1 Å². The summed E-state index contributed by atoms with van der Waals surface area (Å²) in [4.78, 5) is 14.0. The fourth-order valence-electron chi connectivity index (χ4n) is 2.42. The molecule has 3 rings (SSSR count). The van der Waals surface area contributed by atoms with E-state index in [0.717, 1.165) is 27.3 Å². The Bertz CT molecular complexity index is 832. The minimum atomic E-state index is -0.265. The smallest absolute Gasteiger partial charge is 0.265 e. The van der Waals surface area contributed by atoms with Crippen molar-refractivity contribution in [2.75, 3.05) is 5.32 Å². The molecule has 0 aliphatic carbocycles. The average molecular weight is 325 g/mol. The first-order valence-corrected chi connectivity index (χ1v) is 8.09. The van der Waals surface area contributed by atoms with Crippen molar-refractivity contribution in [3.8, 4) is 10.4 Å². The van der Waals surface area contributed by atoms with Crippen LogP contribution in [-0.4, -0.2) is 5.91 Å². The lowest BCUT2D eigenvalue weighted by molar-refractivity contribution is 0.103. The molecule has 0 aliphatic heterocycles. The third-order valence-electron chi connectivity index (χ3n) is 3.68. The fraction of sp³-hybridized carbons (Fsp3) is 0.105. The normalized spacial score (nSPS) is 10.6. The highest BCUT2D eigenvalue weighted by Gasteiger charge is 2.13. The van der Waals surface area contributed by atoms with Crippen molar-refractivity contribution in [2.45, 2.75) is 13.8 Å². The summed E-state index contributed by atoms with van der Waals surface area (Å²) < 4.78 is 13.0. The number of benzene rings is 2. The number of hydrogen-bond acceptors (Lipinski definition) is 2. The first-order valence-electron chi connectivity index (χ1n) is 7.28. The Hall–Kier alpha value is -2.46. The van der Waals surface area contributed by atoms with E-state index in [0.29, 0.717) is 4.88 Å². The van der Waals surface area contributed by atoms with E-state index in [1.807, 2.05) is 38.1 Å².